The number of aliphatic imine (C=N–C) groups is 1. The molecule has 0 heterocycles. The molecule has 0 saturated carbocycles. The number of carbonyl (C=O) groups is 2. The summed E-state index contributed by atoms with van der Waals surface area (Å²) in [6.45, 7) is 0.659. The summed E-state index contributed by atoms with van der Waals surface area (Å²) in [5.41, 5.74) is 2.48. The van der Waals surface area contributed by atoms with Crippen molar-refractivity contribution in [1.29, 1.82) is 0 Å². The number of guanidine groups is 1. The Labute approximate surface area is 188 Å². The maximum atomic E-state index is 12.9. The number of methoxy groups -OCH3 is 1. The second-order valence-corrected chi connectivity index (χ2v) is 7.12. The van der Waals surface area contributed by atoms with Gasteiger partial charge in [-0.15, -0.1) is 0 Å². The summed E-state index contributed by atoms with van der Waals surface area (Å²) in [6.07, 6.45) is 0.656. The van der Waals surface area contributed by atoms with Gasteiger partial charge < -0.3 is 9.64 Å². The Kier molecular flexibility index (Phi) is 7.97. The minimum absolute atomic E-state index is 0.145. The lowest BCUT2D eigenvalue weighted by atomic mass is 10.2. The monoisotopic (exact) mass is 430 g/mol. The van der Waals surface area contributed by atoms with Gasteiger partial charge in [-0.1, -0.05) is 60.7 Å². The molecule has 7 heteroatoms. The standard InChI is InChI=1S/C25H26N4O3/c1-28(17-20-9-5-3-6-10-20)25(31)27-24(26-22-11-7-4-8-12-22)29(19-30)18-21-13-15-23(32-2)16-14-21/h3-16,19H,17-18H2,1-2H3,(H,26,27,31). The van der Waals surface area contributed by atoms with Crippen molar-refractivity contribution in [2.24, 2.45) is 4.99 Å². The van der Waals surface area contributed by atoms with E-state index in [0.717, 1.165) is 16.9 Å². The molecule has 164 valence electrons. The van der Waals surface area contributed by atoms with E-state index in [9.17, 15) is 9.59 Å². The number of nitrogens with zero attached hydrogens (tertiary/aromatic N) is 3. The van der Waals surface area contributed by atoms with Gasteiger partial charge in [0.1, 0.15) is 5.75 Å². The Morgan fingerprint density at radius 2 is 1.50 bits per heavy atom. The first-order chi connectivity index (χ1) is 15.6. The SMILES string of the molecule is COc1ccc(CN(C=O)C(=Nc2ccccc2)NC(=O)N(C)Cc2ccccc2)cc1. The van der Waals surface area contributed by atoms with Crippen molar-refractivity contribution in [2.75, 3.05) is 14.2 Å². The molecule has 0 unspecified atom stereocenters. The zero-order valence-corrected chi connectivity index (χ0v) is 18.1. The number of amides is 3. The van der Waals surface area contributed by atoms with E-state index in [0.29, 0.717) is 18.6 Å². The molecule has 0 saturated heterocycles. The molecule has 0 atom stereocenters. The van der Waals surface area contributed by atoms with Crippen molar-refractivity contribution in [3.8, 4) is 5.75 Å². The van der Waals surface area contributed by atoms with Crippen LogP contribution in [0.1, 0.15) is 11.1 Å². The van der Waals surface area contributed by atoms with Crippen molar-refractivity contribution in [1.82, 2.24) is 15.1 Å². The number of hydrogen-bond donors (Lipinski definition) is 1. The van der Waals surface area contributed by atoms with E-state index in [1.165, 1.54) is 9.80 Å². The van der Waals surface area contributed by atoms with Crippen molar-refractivity contribution in [2.45, 2.75) is 13.1 Å². The smallest absolute Gasteiger partial charge is 0.324 e. The summed E-state index contributed by atoms with van der Waals surface area (Å²) in [4.78, 5) is 32.3. The largest absolute Gasteiger partial charge is 0.497 e. The van der Waals surface area contributed by atoms with Crippen LogP contribution < -0.4 is 10.1 Å². The summed E-state index contributed by atoms with van der Waals surface area (Å²) < 4.78 is 5.19. The summed E-state index contributed by atoms with van der Waals surface area (Å²) in [6, 6.07) is 25.8. The number of ether oxygens (including phenoxy) is 1. The van der Waals surface area contributed by atoms with Crippen LogP contribution in [0.2, 0.25) is 0 Å². The van der Waals surface area contributed by atoms with Gasteiger partial charge in [0.15, 0.2) is 0 Å². The fourth-order valence-corrected chi connectivity index (χ4v) is 3.00. The molecule has 32 heavy (non-hydrogen) atoms. The van der Waals surface area contributed by atoms with E-state index in [1.807, 2.05) is 72.8 Å². The summed E-state index contributed by atoms with van der Waals surface area (Å²) in [5, 5.41) is 2.79. The van der Waals surface area contributed by atoms with Gasteiger partial charge in [-0.25, -0.2) is 9.79 Å². The number of hydrogen-bond acceptors (Lipinski definition) is 4. The minimum atomic E-state index is -0.370. The van der Waals surface area contributed by atoms with E-state index in [-0.39, 0.29) is 18.5 Å². The van der Waals surface area contributed by atoms with Crippen molar-refractivity contribution in [3.05, 3.63) is 96.1 Å². The Bertz CT molecular complexity index is 1040. The minimum Gasteiger partial charge on any atom is -0.497 e. The third-order valence-electron chi connectivity index (χ3n) is 4.73. The first kappa shape index (κ1) is 22.6. The summed E-state index contributed by atoms with van der Waals surface area (Å²) in [7, 11) is 3.29. The molecule has 3 aromatic rings. The Balaban J connectivity index is 1.81. The van der Waals surface area contributed by atoms with Gasteiger partial charge in [0.05, 0.1) is 19.3 Å². The average molecular weight is 431 g/mol. The van der Waals surface area contributed by atoms with Crippen LogP contribution in [-0.4, -0.2) is 42.4 Å². The molecule has 3 aromatic carbocycles. The third-order valence-corrected chi connectivity index (χ3v) is 4.73. The Hall–Kier alpha value is -4.13. The molecule has 3 amide bonds. The van der Waals surface area contributed by atoms with Crippen LogP contribution in [0, 0.1) is 0 Å². The van der Waals surface area contributed by atoms with Gasteiger partial charge in [0.25, 0.3) is 0 Å². The van der Waals surface area contributed by atoms with Gasteiger partial charge in [-0.05, 0) is 35.4 Å². The van der Waals surface area contributed by atoms with Crippen LogP contribution in [0.3, 0.4) is 0 Å². The fourth-order valence-electron chi connectivity index (χ4n) is 3.00. The number of rotatable bonds is 7. The number of carbonyl (C=O) groups excluding carboxylic acids is 2. The second kappa shape index (κ2) is 11.3. The molecular formula is C25H26N4O3. The maximum Gasteiger partial charge on any atom is 0.324 e. The van der Waals surface area contributed by atoms with Gasteiger partial charge in [0.2, 0.25) is 12.4 Å². The second-order valence-electron chi connectivity index (χ2n) is 7.12. The molecule has 0 fully saturated rings. The van der Waals surface area contributed by atoms with E-state index in [2.05, 4.69) is 10.3 Å². The maximum absolute atomic E-state index is 12.9. The van der Waals surface area contributed by atoms with Gasteiger partial charge in [0, 0.05) is 13.6 Å². The molecule has 0 aromatic heterocycles. The molecule has 0 aliphatic rings. The third kappa shape index (κ3) is 6.43. The molecule has 3 rings (SSSR count). The Morgan fingerprint density at radius 1 is 0.906 bits per heavy atom. The van der Waals surface area contributed by atoms with Crippen LogP contribution in [0.15, 0.2) is 89.9 Å². The van der Waals surface area contributed by atoms with Gasteiger partial charge in [-0.2, -0.15) is 0 Å². The predicted octanol–water partition coefficient (Wildman–Crippen LogP) is 4.18. The Morgan fingerprint density at radius 3 is 2.09 bits per heavy atom. The summed E-state index contributed by atoms with van der Waals surface area (Å²) in [5.74, 6) is 0.868. The van der Waals surface area contributed by atoms with Gasteiger partial charge in [-0.3, -0.25) is 15.0 Å². The highest BCUT2D eigenvalue weighted by molar-refractivity contribution is 6.01. The normalized spacial score (nSPS) is 10.9. The highest BCUT2D eigenvalue weighted by Crippen LogP contribution is 2.15. The van der Waals surface area contributed by atoms with Crippen LogP contribution in [0.25, 0.3) is 0 Å². The average Bonchev–Trinajstić information content (AvgIpc) is 2.83. The zero-order valence-electron chi connectivity index (χ0n) is 18.1. The molecule has 0 radical (unpaired) electrons. The topological polar surface area (TPSA) is 74.2 Å². The van der Waals surface area contributed by atoms with E-state index < -0.39 is 0 Å². The van der Waals surface area contributed by atoms with Crippen LogP contribution in [0.4, 0.5) is 10.5 Å². The quantitative estimate of drug-likeness (QED) is 0.347. The van der Waals surface area contributed by atoms with Gasteiger partial charge >= 0.3 is 6.03 Å². The number of para-hydroxylation sites is 1. The molecule has 7 nitrogen and oxygen atoms in total. The molecular weight excluding hydrogens is 404 g/mol. The van der Waals surface area contributed by atoms with E-state index in [1.54, 1.807) is 26.3 Å². The highest BCUT2D eigenvalue weighted by atomic mass is 16.5. The first-order valence-corrected chi connectivity index (χ1v) is 10.1. The fraction of sp³-hybridized carbons (Fsp3) is 0.160. The lowest BCUT2D eigenvalue weighted by Crippen LogP contribution is -2.47. The zero-order chi connectivity index (χ0) is 22.8. The molecule has 0 spiro atoms. The number of benzene rings is 3. The molecule has 0 bridgehead atoms. The van der Waals surface area contributed by atoms with Crippen molar-refractivity contribution < 1.29 is 14.3 Å². The lowest BCUT2D eigenvalue weighted by molar-refractivity contribution is -0.115. The van der Waals surface area contributed by atoms with E-state index >= 15 is 0 Å². The predicted molar refractivity (Wildman–Crippen MR) is 125 cm³/mol. The number of nitrogens with one attached hydrogen (secondary N) is 1. The van der Waals surface area contributed by atoms with Crippen LogP contribution >= 0.6 is 0 Å². The first-order valence-electron chi connectivity index (χ1n) is 10.1. The molecule has 1 N–H and O–H groups in total. The highest BCUT2D eigenvalue weighted by Gasteiger charge is 2.18. The van der Waals surface area contributed by atoms with E-state index in [4.69, 9.17) is 4.74 Å². The molecule has 0 aliphatic carbocycles. The van der Waals surface area contributed by atoms with Crippen molar-refractivity contribution >= 4 is 24.1 Å². The number of urea groups is 1. The molecule has 0 aliphatic heterocycles. The van der Waals surface area contributed by atoms with Crippen LogP contribution in [0.5, 0.6) is 5.75 Å². The van der Waals surface area contributed by atoms with Crippen LogP contribution in [-0.2, 0) is 17.9 Å². The van der Waals surface area contributed by atoms with Crippen molar-refractivity contribution in [3.63, 3.8) is 0 Å². The summed E-state index contributed by atoms with van der Waals surface area (Å²) >= 11 is 0. The lowest BCUT2D eigenvalue weighted by Gasteiger charge is -2.24.